The molecular weight excluding hydrogens is 671 g/mol. The fraction of sp³-hybridized carbons (Fsp3) is 0. The lowest BCUT2D eigenvalue weighted by atomic mass is 9.92. The Morgan fingerprint density at radius 1 is 0.309 bits per heavy atom. The summed E-state index contributed by atoms with van der Waals surface area (Å²) in [5.41, 5.74) is 11.2. The van der Waals surface area contributed by atoms with Crippen molar-refractivity contribution >= 4 is 71.5 Å². The highest BCUT2D eigenvalue weighted by molar-refractivity contribution is 6.28. The molecule has 0 unspecified atom stereocenters. The van der Waals surface area contributed by atoms with Gasteiger partial charge in [-0.15, -0.1) is 0 Å². The predicted molar refractivity (Wildman–Crippen MR) is 229 cm³/mol. The molecule has 0 saturated heterocycles. The zero-order valence-corrected chi connectivity index (χ0v) is 29.8. The van der Waals surface area contributed by atoms with E-state index >= 15 is 0 Å². The zero-order chi connectivity index (χ0) is 36.3. The maximum Gasteiger partial charge on any atom is 0.159 e. The Morgan fingerprint density at radius 3 is 1.49 bits per heavy atom. The molecule has 11 rings (SSSR count). The van der Waals surface area contributed by atoms with Crippen LogP contribution in [0, 0.1) is 0 Å². The minimum absolute atomic E-state index is 0.849. The highest BCUT2D eigenvalue weighted by Crippen LogP contribution is 2.48. The van der Waals surface area contributed by atoms with Crippen molar-refractivity contribution in [2.24, 2.45) is 0 Å². The largest absolute Gasteiger partial charge is 0.455 e. The van der Waals surface area contributed by atoms with Crippen LogP contribution in [-0.2, 0) is 0 Å². The van der Waals surface area contributed by atoms with Gasteiger partial charge < -0.3 is 13.7 Å². The SMILES string of the molecule is c1ccc(-c2ccc(N(c3ccc(-c4oc5c6ccccc6c6ccccc6c5c4-c4ccccc4)cc3)c3cccc4c3oc3ccccc34)cc2)cc1. The van der Waals surface area contributed by atoms with E-state index in [9.17, 15) is 0 Å². The van der Waals surface area contributed by atoms with E-state index in [1.54, 1.807) is 0 Å². The van der Waals surface area contributed by atoms with Gasteiger partial charge in [-0.25, -0.2) is 0 Å². The average Bonchev–Trinajstić information content (AvgIpc) is 3.86. The van der Waals surface area contributed by atoms with Crippen molar-refractivity contribution in [2.45, 2.75) is 0 Å². The molecule has 0 spiro atoms. The molecule has 0 amide bonds. The molecule has 0 saturated carbocycles. The van der Waals surface area contributed by atoms with Crippen molar-refractivity contribution in [3.05, 3.63) is 200 Å². The van der Waals surface area contributed by atoms with Gasteiger partial charge in [0.15, 0.2) is 5.58 Å². The second-order valence-electron chi connectivity index (χ2n) is 14.0. The van der Waals surface area contributed by atoms with Crippen LogP contribution in [0.2, 0.25) is 0 Å². The second-order valence-corrected chi connectivity index (χ2v) is 14.0. The third-order valence-electron chi connectivity index (χ3n) is 10.9. The molecule has 2 heterocycles. The molecule has 9 aromatic carbocycles. The molecule has 0 aliphatic heterocycles. The van der Waals surface area contributed by atoms with Gasteiger partial charge in [-0.1, -0.05) is 152 Å². The summed E-state index contributed by atoms with van der Waals surface area (Å²) >= 11 is 0. The first kappa shape index (κ1) is 31.2. The Balaban J connectivity index is 1.11. The standard InChI is InChI=1S/C52H33NO2/c1-3-14-34(15-4-1)35-26-30-38(31-27-35)53(46-24-13-23-45-42-20-11-12-25-47(42)54-51(45)46)39-32-28-37(29-33-39)50-48(36-16-5-2-6-17-36)49-43-21-9-7-18-40(43)41-19-8-10-22-44(41)52(49)55-50/h1-33H. The van der Waals surface area contributed by atoms with Gasteiger partial charge in [0.25, 0.3) is 0 Å². The lowest BCUT2D eigenvalue weighted by molar-refractivity contribution is 0.636. The van der Waals surface area contributed by atoms with Crippen LogP contribution in [0.15, 0.2) is 209 Å². The Bertz CT molecular complexity index is 3180. The van der Waals surface area contributed by atoms with E-state index in [2.05, 4.69) is 193 Å². The number of hydrogen-bond acceptors (Lipinski definition) is 3. The lowest BCUT2D eigenvalue weighted by Crippen LogP contribution is -2.10. The smallest absolute Gasteiger partial charge is 0.159 e. The Labute approximate surface area is 317 Å². The van der Waals surface area contributed by atoms with Crippen molar-refractivity contribution in [2.75, 3.05) is 4.90 Å². The Hall–Kier alpha value is -7.36. The first-order valence-electron chi connectivity index (χ1n) is 18.7. The minimum atomic E-state index is 0.849. The van der Waals surface area contributed by atoms with Crippen LogP contribution < -0.4 is 4.90 Å². The van der Waals surface area contributed by atoms with Gasteiger partial charge in [0.2, 0.25) is 0 Å². The number of hydrogen-bond donors (Lipinski definition) is 0. The maximum atomic E-state index is 7.05. The zero-order valence-electron chi connectivity index (χ0n) is 29.8. The quantitative estimate of drug-likeness (QED) is 0.162. The summed E-state index contributed by atoms with van der Waals surface area (Å²) in [6.45, 7) is 0. The fourth-order valence-electron chi connectivity index (χ4n) is 8.34. The van der Waals surface area contributed by atoms with E-state index in [0.29, 0.717) is 0 Å². The first-order valence-corrected chi connectivity index (χ1v) is 18.7. The van der Waals surface area contributed by atoms with Crippen LogP contribution in [0.25, 0.3) is 88.0 Å². The fourth-order valence-corrected chi connectivity index (χ4v) is 8.34. The summed E-state index contributed by atoms with van der Waals surface area (Å²) in [7, 11) is 0. The molecule has 0 aliphatic rings. The van der Waals surface area contributed by atoms with E-state index in [1.165, 1.54) is 27.3 Å². The highest BCUT2D eigenvalue weighted by Gasteiger charge is 2.24. The van der Waals surface area contributed by atoms with Gasteiger partial charge in [-0.2, -0.15) is 0 Å². The Kier molecular flexibility index (Phi) is 7.17. The molecule has 258 valence electrons. The third-order valence-corrected chi connectivity index (χ3v) is 10.9. The van der Waals surface area contributed by atoms with Crippen LogP contribution in [0.5, 0.6) is 0 Å². The van der Waals surface area contributed by atoms with Crippen LogP contribution >= 0.6 is 0 Å². The molecule has 11 aromatic rings. The minimum Gasteiger partial charge on any atom is -0.455 e. The maximum absolute atomic E-state index is 7.05. The normalized spacial score (nSPS) is 11.6. The van der Waals surface area contributed by atoms with Gasteiger partial charge >= 0.3 is 0 Å². The van der Waals surface area contributed by atoms with Crippen LogP contribution in [0.3, 0.4) is 0 Å². The van der Waals surface area contributed by atoms with Crippen molar-refractivity contribution in [3.63, 3.8) is 0 Å². The van der Waals surface area contributed by atoms with Gasteiger partial charge in [-0.05, 0) is 81.4 Å². The van der Waals surface area contributed by atoms with E-state index in [4.69, 9.17) is 8.83 Å². The summed E-state index contributed by atoms with van der Waals surface area (Å²) < 4.78 is 13.7. The van der Waals surface area contributed by atoms with E-state index in [-0.39, 0.29) is 0 Å². The molecule has 0 radical (unpaired) electrons. The number of furan rings is 2. The number of para-hydroxylation sites is 2. The number of nitrogens with zero attached hydrogens (tertiary/aromatic N) is 1. The molecule has 0 aliphatic carbocycles. The summed E-state index contributed by atoms with van der Waals surface area (Å²) in [5, 5.41) is 8.04. The number of benzene rings is 9. The second kappa shape index (κ2) is 12.6. The summed E-state index contributed by atoms with van der Waals surface area (Å²) in [5.74, 6) is 0.854. The van der Waals surface area contributed by atoms with Crippen LogP contribution in [-0.4, -0.2) is 0 Å². The molecular formula is C52H33NO2. The topological polar surface area (TPSA) is 29.5 Å². The lowest BCUT2D eigenvalue weighted by Gasteiger charge is -2.26. The van der Waals surface area contributed by atoms with Crippen molar-refractivity contribution < 1.29 is 8.83 Å². The summed E-state index contributed by atoms with van der Waals surface area (Å²) in [6, 6.07) is 70.6. The monoisotopic (exact) mass is 703 g/mol. The average molecular weight is 704 g/mol. The van der Waals surface area contributed by atoms with Crippen molar-refractivity contribution in [1.29, 1.82) is 0 Å². The Morgan fingerprint density at radius 2 is 0.800 bits per heavy atom. The number of fused-ring (bicyclic) bond motifs is 9. The third kappa shape index (κ3) is 5.05. The van der Waals surface area contributed by atoms with Crippen molar-refractivity contribution in [1.82, 2.24) is 0 Å². The number of anilines is 3. The van der Waals surface area contributed by atoms with Gasteiger partial charge in [-0.3, -0.25) is 0 Å². The van der Waals surface area contributed by atoms with E-state index < -0.39 is 0 Å². The molecule has 55 heavy (non-hydrogen) atoms. The molecule has 0 N–H and O–H groups in total. The molecule has 3 heteroatoms. The number of rotatable bonds is 6. The van der Waals surface area contributed by atoms with E-state index in [0.717, 1.165) is 77.8 Å². The van der Waals surface area contributed by atoms with Gasteiger partial charge in [0, 0.05) is 44.0 Å². The molecule has 2 aromatic heterocycles. The summed E-state index contributed by atoms with van der Waals surface area (Å²) in [4.78, 5) is 2.29. The molecule has 0 atom stereocenters. The first-order chi connectivity index (χ1) is 27.3. The van der Waals surface area contributed by atoms with Crippen LogP contribution in [0.1, 0.15) is 0 Å². The van der Waals surface area contributed by atoms with Gasteiger partial charge in [0.05, 0.1) is 5.69 Å². The highest BCUT2D eigenvalue weighted by atomic mass is 16.3. The molecule has 3 nitrogen and oxygen atoms in total. The summed E-state index contributed by atoms with van der Waals surface area (Å²) in [6.07, 6.45) is 0. The van der Waals surface area contributed by atoms with E-state index in [1.807, 2.05) is 12.1 Å². The molecule has 0 fully saturated rings. The van der Waals surface area contributed by atoms with Gasteiger partial charge in [0.1, 0.15) is 16.9 Å². The predicted octanol–water partition coefficient (Wildman–Crippen LogP) is 15.1. The van der Waals surface area contributed by atoms with Crippen LogP contribution in [0.4, 0.5) is 17.1 Å². The molecule has 0 bridgehead atoms. The van der Waals surface area contributed by atoms with Crippen molar-refractivity contribution in [3.8, 4) is 33.6 Å².